The Balaban J connectivity index is 2.41. The topological polar surface area (TPSA) is 32.3 Å². The van der Waals surface area contributed by atoms with E-state index in [0.29, 0.717) is 31.2 Å². The van der Waals surface area contributed by atoms with Crippen molar-refractivity contribution in [1.82, 2.24) is 10.2 Å². The first kappa shape index (κ1) is 15.5. The van der Waals surface area contributed by atoms with Crippen molar-refractivity contribution in [2.75, 3.05) is 19.6 Å². The van der Waals surface area contributed by atoms with E-state index < -0.39 is 0 Å². The normalized spacial score (nSPS) is 10.2. The van der Waals surface area contributed by atoms with Gasteiger partial charge in [-0.1, -0.05) is 35.9 Å². The lowest BCUT2D eigenvalue weighted by molar-refractivity contribution is -0.122. The van der Waals surface area contributed by atoms with Gasteiger partial charge in [0.25, 0.3) is 0 Å². The quantitative estimate of drug-likeness (QED) is 0.742. The Morgan fingerprint density at radius 3 is 2.58 bits per heavy atom. The van der Waals surface area contributed by atoms with Gasteiger partial charge in [0.2, 0.25) is 5.91 Å². The van der Waals surface area contributed by atoms with Gasteiger partial charge in [-0.15, -0.1) is 13.2 Å². The molecule has 0 atom stereocenters. The third kappa shape index (κ3) is 6.22. The second kappa shape index (κ2) is 8.51. The molecule has 0 saturated carbocycles. The smallest absolute Gasteiger partial charge is 0.234 e. The molecule has 0 heterocycles. The molecule has 1 aromatic carbocycles. The summed E-state index contributed by atoms with van der Waals surface area (Å²) in [6.45, 7) is 9.48. The molecule has 0 unspecified atom stereocenters. The van der Waals surface area contributed by atoms with E-state index in [-0.39, 0.29) is 5.91 Å². The summed E-state index contributed by atoms with van der Waals surface area (Å²) < 4.78 is 0. The molecule has 1 amide bonds. The first-order valence-electron chi connectivity index (χ1n) is 6.11. The number of hydrogen-bond acceptors (Lipinski definition) is 2. The summed E-state index contributed by atoms with van der Waals surface area (Å²) in [5.74, 6) is -0.0244. The van der Waals surface area contributed by atoms with Gasteiger partial charge >= 0.3 is 0 Å². The molecule has 1 aromatic rings. The lowest BCUT2D eigenvalue weighted by Crippen LogP contribution is -2.37. The Bertz CT molecular complexity index is 436. The van der Waals surface area contributed by atoms with Crippen LogP contribution in [-0.4, -0.2) is 30.4 Å². The van der Waals surface area contributed by atoms with E-state index >= 15 is 0 Å². The van der Waals surface area contributed by atoms with Crippen molar-refractivity contribution < 1.29 is 4.79 Å². The highest BCUT2D eigenvalue weighted by Gasteiger charge is 2.07. The maximum atomic E-state index is 11.8. The van der Waals surface area contributed by atoms with Crippen LogP contribution >= 0.6 is 11.6 Å². The number of nitrogens with one attached hydrogen (secondary N) is 1. The molecule has 0 aromatic heterocycles. The molecule has 1 N–H and O–H groups in total. The van der Waals surface area contributed by atoms with Gasteiger partial charge in [-0.25, -0.2) is 0 Å². The Hall–Kier alpha value is -1.58. The number of amides is 1. The molecule has 1 rings (SSSR count). The van der Waals surface area contributed by atoms with Crippen molar-refractivity contribution in [3.63, 3.8) is 0 Å². The number of hydrogen-bond donors (Lipinski definition) is 1. The average Bonchev–Trinajstić information content (AvgIpc) is 2.37. The van der Waals surface area contributed by atoms with Crippen LogP contribution in [0.3, 0.4) is 0 Å². The fourth-order valence-corrected chi connectivity index (χ4v) is 1.89. The SMILES string of the molecule is C=CCN(CC=C)CC(=O)NCc1cccc(Cl)c1. The molecule has 0 saturated heterocycles. The van der Waals surface area contributed by atoms with Crippen LogP contribution < -0.4 is 5.32 Å². The molecule has 0 fully saturated rings. The van der Waals surface area contributed by atoms with Crippen molar-refractivity contribution in [3.05, 3.63) is 60.2 Å². The second-order valence-electron chi connectivity index (χ2n) is 4.18. The zero-order chi connectivity index (χ0) is 14.1. The number of benzene rings is 1. The average molecular weight is 279 g/mol. The third-order valence-corrected chi connectivity index (χ3v) is 2.76. The lowest BCUT2D eigenvalue weighted by Gasteiger charge is -2.18. The maximum absolute atomic E-state index is 11.8. The van der Waals surface area contributed by atoms with Crippen LogP contribution in [0, 0.1) is 0 Å². The number of carbonyl (C=O) groups is 1. The number of carbonyl (C=O) groups excluding carboxylic acids is 1. The molecule has 0 aliphatic carbocycles. The van der Waals surface area contributed by atoms with Crippen LogP contribution in [0.5, 0.6) is 0 Å². The second-order valence-corrected chi connectivity index (χ2v) is 4.61. The zero-order valence-corrected chi connectivity index (χ0v) is 11.7. The monoisotopic (exact) mass is 278 g/mol. The minimum atomic E-state index is -0.0244. The molecule has 0 bridgehead atoms. The summed E-state index contributed by atoms with van der Waals surface area (Å²) >= 11 is 5.88. The predicted molar refractivity (Wildman–Crippen MR) is 80.1 cm³/mol. The van der Waals surface area contributed by atoms with Crippen molar-refractivity contribution in [2.45, 2.75) is 6.54 Å². The van der Waals surface area contributed by atoms with Crippen molar-refractivity contribution in [3.8, 4) is 0 Å². The molecule has 19 heavy (non-hydrogen) atoms. The van der Waals surface area contributed by atoms with E-state index in [4.69, 9.17) is 11.6 Å². The van der Waals surface area contributed by atoms with E-state index in [1.165, 1.54) is 0 Å². The predicted octanol–water partition coefficient (Wildman–Crippen LogP) is 2.63. The first-order valence-corrected chi connectivity index (χ1v) is 6.48. The molecule has 102 valence electrons. The maximum Gasteiger partial charge on any atom is 0.234 e. The molecular formula is C15H19ClN2O. The van der Waals surface area contributed by atoms with Crippen LogP contribution in [0.25, 0.3) is 0 Å². The van der Waals surface area contributed by atoms with E-state index in [1.54, 1.807) is 12.2 Å². The standard InChI is InChI=1S/C15H19ClN2O/c1-3-8-18(9-4-2)12-15(19)17-11-13-6-5-7-14(16)10-13/h3-7,10H,1-2,8-9,11-12H2,(H,17,19). The van der Waals surface area contributed by atoms with Crippen molar-refractivity contribution in [1.29, 1.82) is 0 Å². The van der Waals surface area contributed by atoms with Crippen molar-refractivity contribution >= 4 is 17.5 Å². The number of rotatable bonds is 8. The minimum absolute atomic E-state index is 0.0244. The van der Waals surface area contributed by atoms with Crippen molar-refractivity contribution in [2.24, 2.45) is 0 Å². The van der Waals surface area contributed by atoms with Gasteiger partial charge in [-0.05, 0) is 17.7 Å². The van der Waals surface area contributed by atoms with Crippen LogP contribution in [0.2, 0.25) is 5.02 Å². The summed E-state index contributed by atoms with van der Waals surface area (Å²) in [7, 11) is 0. The highest BCUT2D eigenvalue weighted by atomic mass is 35.5. The van der Waals surface area contributed by atoms with Gasteiger partial charge in [-0.3, -0.25) is 9.69 Å². The summed E-state index contributed by atoms with van der Waals surface area (Å²) in [5.41, 5.74) is 0.986. The van der Waals surface area contributed by atoms with Gasteiger partial charge in [-0.2, -0.15) is 0 Å². The zero-order valence-electron chi connectivity index (χ0n) is 10.9. The summed E-state index contributed by atoms with van der Waals surface area (Å²) in [6.07, 6.45) is 3.54. The molecule has 0 spiro atoms. The minimum Gasteiger partial charge on any atom is -0.351 e. The summed E-state index contributed by atoms with van der Waals surface area (Å²) in [5, 5.41) is 3.54. The van der Waals surface area contributed by atoms with Crippen LogP contribution in [0.15, 0.2) is 49.6 Å². The first-order chi connectivity index (χ1) is 9.15. The van der Waals surface area contributed by atoms with Gasteiger partial charge in [0, 0.05) is 24.7 Å². The van der Waals surface area contributed by atoms with E-state index in [2.05, 4.69) is 18.5 Å². The van der Waals surface area contributed by atoms with Gasteiger partial charge in [0.15, 0.2) is 0 Å². The van der Waals surface area contributed by atoms with E-state index in [1.807, 2.05) is 29.2 Å². The van der Waals surface area contributed by atoms with Gasteiger partial charge in [0.1, 0.15) is 0 Å². The van der Waals surface area contributed by atoms with Crippen LogP contribution in [0.1, 0.15) is 5.56 Å². The summed E-state index contributed by atoms with van der Waals surface area (Å²) in [6, 6.07) is 7.44. The Labute approximate surface area is 119 Å². The number of halogens is 1. The highest BCUT2D eigenvalue weighted by Crippen LogP contribution is 2.10. The largest absolute Gasteiger partial charge is 0.351 e. The molecule has 0 aliphatic rings. The molecule has 3 nitrogen and oxygen atoms in total. The summed E-state index contributed by atoms with van der Waals surface area (Å²) in [4.78, 5) is 13.8. The highest BCUT2D eigenvalue weighted by molar-refractivity contribution is 6.30. The fourth-order valence-electron chi connectivity index (χ4n) is 1.68. The molecule has 0 radical (unpaired) electrons. The molecular weight excluding hydrogens is 260 g/mol. The van der Waals surface area contributed by atoms with Gasteiger partial charge in [0.05, 0.1) is 6.54 Å². The van der Waals surface area contributed by atoms with E-state index in [0.717, 1.165) is 5.56 Å². The molecule has 0 aliphatic heterocycles. The van der Waals surface area contributed by atoms with Crippen LogP contribution in [0.4, 0.5) is 0 Å². The third-order valence-electron chi connectivity index (χ3n) is 2.52. The lowest BCUT2D eigenvalue weighted by atomic mass is 10.2. The Morgan fingerprint density at radius 1 is 1.32 bits per heavy atom. The number of nitrogens with zero attached hydrogens (tertiary/aromatic N) is 1. The Kier molecular flexibility index (Phi) is 6.93. The van der Waals surface area contributed by atoms with Gasteiger partial charge < -0.3 is 5.32 Å². The van der Waals surface area contributed by atoms with E-state index in [9.17, 15) is 4.79 Å². The molecule has 4 heteroatoms. The van der Waals surface area contributed by atoms with Crippen LogP contribution in [-0.2, 0) is 11.3 Å². The Morgan fingerprint density at radius 2 is 2.00 bits per heavy atom. The fraction of sp³-hybridized carbons (Fsp3) is 0.267.